The van der Waals surface area contributed by atoms with Gasteiger partial charge in [-0.2, -0.15) is 4.31 Å². The number of ether oxygens (including phenoxy) is 4. The first-order chi connectivity index (χ1) is 25.5. The third kappa shape index (κ3) is 9.28. The summed E-state index contributed by atoms with van der Waals surface area (Å²) in [5.41, 5.74) is 3.83. The van der Waals surface area contributed by atoms with E-state index < -0.39 is 32.0 Å². The van der Waals surface area contributed by atoms with Crippen molar-refractivity contribution in [1.82, 2.24) is 4.31 Å². The van der Waals surface area contributed by atoms with E-state index in [9.17, 15) is 21.6 Å². The summed E-state index contributed by atoms with van der Waals surface area (Å²) in [7, 11) is -4.69. The molecule has 11 nitrogen and oxygen atoms in total. The van der Waals surface area contributed by atoms with Crippen LogP contribution in [-0.2, 0) is 46.5 Å². The zero-order valence-electron chi connectivity index (χ0n) is 30.2. The number of hydrogen-bond donors (Lipinski definition) is 0. The second-order valence-electron chi connectivity index (χ2n) is 13.5. The number of hydrogen-bond acceptors (Lipinski definition) is 9. The minimum Gasteiger partial charge on any atom is -0.497 e. The zero-order valence-corrected chi connectivity index (χ0v) is 31.9. The number of anilines is 1. The molecule has 0 N–H and O–H groups in total. The van der Waals surface area contributed by atoms with Crippen molar-refractivity contribution < 1.29 is 40.6 Å². The molecule has 282 valence electrons. The lowest BCUT2D eigenvalue weighted by atomic mass is 9.84. The molecule has 6 rings (SSSR count). The molecule has 0 unspecified atom stereocenters. The van der Waals surface area contributed by atoms with Gasteiger partial charge in [0.15, 0.2) is 16.4 Å². The van der Waals surface area contributed by atoms with Crippen LogP contribution in [0, 0.1) is 6.92 Å². The predicted octanol–water partition coefficient (Wildman–Crippen LogP) is 5.51. The van der Waals surface area contributed by atoms with Gasteiger partial charge in [0.2, 0.25) is 10.0 Å². The topological polar surface area (TPSA) is 129 Å². The van der Waals surface area contributed by atoms with Crippen molar-refractivity contribution in [2.75, 3.05) is 51.2 Å². The summed E-state index contributed by atoms with van der Waals surface area (Å²) in [6.07, 6.45) is 0.209. The quantitative estimate of drug-likeness (QED) is 0.144. The molecule has 0 radical (unpaired) electrons. The number of fused-ring (bicyclic) bond motifs is 1. The minimum atomic E-state index is -4.14. The average molecular weight is 763 g/mol. The van der Waals surface area contributed by atoms with E-state index in [4.69, 9.17) is 18.9 Å². The molecule has 0 bridgehead atoms. The van der Waals surface area contributed by atoms with Crippen LogP contribution in [0.4, 0.5) is 5.69 Å². The van der Waals surface area contributed by atoms with Crippen LogP contribution < -0.4 is 14.4 Å². The van der Waals surface area contributed by atoms with E-state index in [1.807, 2.05) is 55.5 Å². The van der Waals surface area contributed by atoms with Crippen molar-refractivity contribution in [2.45, 2.75) is 55.1 Å². The van der Waals surface area contributed by atoms with Crippen molar-refractivity contribution >= 4 is 31.5 Å². The van der Waals surface area contributed by atoms with Gasteiger partial charge in [0.05, 0.1) is 41.9 Å². The molecule has 2 heterocycles. The first-order valence-electron chi connectivity index (χ1n) is 17.6. The Bertz CT molecular complexity index is 2070. The average Bonchev–Trinajstić information content (AvgIpc) is 3.15. The fourth-order valence-corrected chi connectivity index (χ4v) is 10.5. The van der Waals surface area contributed by atoms with Crippen molar-refractivity contribution in [2.24, 2.45) is 0 Å². The van der Waals surface area contributed by atoms with Crippen LogP contribution in [0.15, 0.2) is 102 Å². The molecule has 1 fully saturated rings. The first kappa shape index (κ1) is 38.5. The van der Waals surface area contributed by atoms with E-state index >= 15 is 0 Å². The van der Waals surface area contributed by atoms with Crippen molar-refractivity contribution in [3.8, 4) is 11.5 Å². The van der Waals surface area contributed by atoms with Gasteiger partial charge in [-0.05, 0) is 72.9 Å². The Morgan fingerprint density at radius 2 is 1.60 bits per heavy atom. The molecule has 2 aliphatic heterocycles. The maximum atomic E-state index is 14.4. The Hall–Kier alpha value is -4.27. The molecule has 3 atom stereocenters. The molecule has 4 aromatic carbocycles. The van der Waals surface area contributed by atoms with Gasteiger partial charge in [-0.3, -0.25) is 4.79 Å². The molecular weight excluding hydrogens is 717 g/mol. The minimum absolute atomic E-state index is 0.0467. The predicted molar refractivity (Wildman–Crippen MR) is 203 cm³/mol. The highest BCUT2D eigenvalue weighted by Gasteiger charge is 2.44. The maximum Gasteiger partial charge on any atom is 0.265 e. The lowest BCUT2D eigenvalue weighted by Crippen LogP contribution is -2.54. The second kappa shape index (κ2) is 16.8. The Labute approximate surface area is 312 Å². The number of methoxy groups -OCH3 is 2. The summed E-state index contributed by atoms with van der Waals surface area (Å²) in [4.78, 5) is 14.6. The van der Waals surface area contributed by atoms with E-state index in [1.165, 1.54) is 4.31 Å². The summed E-state index contributed by atoms with van der Waals surface area (Å²) >= 11 is 0. The van der Waals surface area contributed by atoms with E-state index in [0.29, 0.717) is 42.3 Å². The SMILES string of the molecule is COCCCN1C(=O)COc2ccc(CO[C@H]3CN(S(=O)(=O)c4ccc(C)cc4)[C@H](CS(=O)(=O)Cc4ccccc4)C[C@@H]3c3ccc(OC)cc3)cc21. The molecule has 0 saturated carbocycles. The van der Waals surface area contributed by atoms with Crippen LogP contribution in [-0.4, -0.2) is 85.5 Å². The van der Waals surface area contributed by atoms with Gasteiger partial charge in [-0.15, -0.1) is 0 Å². The molecular formula is C40H46N2O9S2. The Balaban J connectivity index is 1.33. The largest absolute Gasteiger partial charge is 0.497 e. The van der Waals surface area contributed by atoms with Gasteiger partial charge >= 0.3 is 0 Å². The van der Waals surface area contributed by atoms with E-state index in [2.05, 4.69) is 0 Å². The Kier molecular flexibility index (Phi) is 12.2. The second-order valence-corrected chi connectivity index (χ2v) is 17.5. The fourth-order valence-electron chi connectivity index (χ4n) is 7.01. The molecule has 1 saturated heterocycles. The zero-order chi connectivity index (χ0) is 37.6. The third-order valence-corrected chi connectivity index (χ3v) is 13.3. The number of benzene rings is 4. The van der Waals surface area contributed by atoms with Crippen LogP contribution in [0.2, 0.25) is 0 Å². The molecule has 0 spiro atoms. The standard InChI is InChI=1S/C40H46N2O9S2/c1-29-10-17-35(18-11-29)53(46,47)42-24-39(50-25-31-12-19-38-37(22-31)41(20-7-21-48-2)40(43)26-51-38)36(32-13-15-34(49-3)16-14-32)23-33(42)28-52(44,45)27-30-8-5-4-6-9-30/h4-6,8-19,22,33,36,39H,7,20-21,23-28H2,1-3H3/t33-,36+,39-/m0/s1. The monoisotopic (exact) mass is 762 g/mol. The van der Waals surface area contributed by atoms with Crippen molar-refractivity contribution in [3.63, 3.8) is 0 Å². The van der Waals surface area contributed by atoms with Crippen LogP contribution in [0.3, 0.4) is 0 Å². The lowest BCUT2D eigenvalue weighted by Gasteiger charge is -2.43. The Morgan fingerprint density at radius 3 is 2.30 bits per heavy atom. The van der Waals surface area contributed by atoms with Crippen molar-refractivity contribution in [3.05, 3.63) is 119 Å². The van der Waals surface area contributed by atoms with Gasteiger partial charge in [0.25, 0.3) is 5.91 Å². The highest BCUT2D eigenvalue weighted by atomic mass is 32.2. The van der Waals surface area contributed by atoms with E-state index in [-0.39, 0.29) is 54.4 Å². The summed E-state index contributed by atoms with van der Waals surface area (Å²) in [6, 6.07) is 27.7. The molecule has 53 heavy (non-hydrogen) atoms. The van der Waals surface area contributed by atoms with Gasteiger partial charge in [-0.1, -0.05) is 66.2 Å². The molecule has 13 heteroatoms. The number of aryl methyl sites for hydroxylation is 1. The number of rotatable bonds is 15. The number of piperidine rings is 1. The molecule has 4 aromatic rings. The number of sulfonamides is 1. The number of nitrogens with zero attached hydrogens (tertiary/aromatic N) is 2. The summed E-state index contributed by atoms with van der Waals surface area (Å²) in [5.74, 6) is 0.189. The van der Waals surface area contributed by atoms with Gasteiger partial charge in [0, 0.05) is 38.8 Å². The Morgan fingerprint density at radius 1 is 0.868 bits per heavy atom. The first-order valence-corrected chi connectivity index (χ1v) is 20.9. The van der Waals surface area contributed by atoms with Crippen LogP contribution in [0.5, 0.6) is 11.5 Å². The summed E-state index contributed by atoms with van der Waals surface area (Å²) < 4.78 is 80.7. The highest BCUT2D eigenvalue weighted by molar-refractivity contribution is 7.91. The number of carbonyl (C=O) groups is 1. The molecule has 2 aliphatic rings. The smallest absolute Gasteiger partial charge is 0.265 e. The maximum absolute atomic E-state index is 14.4. The highest BCUT2D eigenvalue weighted by Crippen LogP contribution is 2.39. The van der Waals surface area contributed by atoms with E-state index in [1.54, 1.807) is 67.7 Å². The van der Waals surface area contributed by atoms with Gasteiger partial charge < -0.3 is 23.8 Å². The molecule has 0 aliphatic carbocycles. The third-order valence-electron chi connectivity index (χ3n) is 9.75. The van der Waals surface area contributed by atoms with Crippen molar-refractivity contribution in [1.29, 1.82) is 0 Å². The van der Waals surface area contributed by atoms with Crippen LogP contribution in [0.1, 0.15) is 41.0 Å². The number of carbonyl (C=O) groups excluding carboxylic acids is 1. The normalized spacial score (nSPS) is 19.4. The summed E-state index contributed by atoms with van der Waals surface area (Å²) in [5, 5.41) is 0. The summed E-state index contributed by atoms with van der Waals surface area (Å²) in [6.45, 7) is 2.84. The number of amides is 1. The van der Waals surface area contributed by atoms with Gasteiger partial charge in [-0.25, -0.2) is 16.8 Å². The van der Waals surface area contributed by atoms with Crippen LogP contribution in [0.25, 0.3) is 0 Å². The molecule has 0 aromatic heterocycles. The van der Waals surface area contributed by atoms with Crippen LogP contribution >= 0.6 is 0 Å². The van der Waals surface area contributed by atoms with E-state index in [0.717, 1.165) is 16.7 Å². The fraction of sp³-hybridized carbons (Fsp3) is 0.375. The number of sulfone groups is 1. The lowest BCUT2D eigenvalue weighted by molar-refractivity contribution is -0.121. The van der Waals surface area contributed by atoms with Gasteiger partial charge in [0.1, 0.15) is 11.5 Å². The molecule has 1 amide bonds.